The van der Waals surface area contributed by atoms with E-state index in [4.69, 9.17) is 21.4 Å². The van der Waals surface area contributed by atoms with Gasteiger partial charge in [0.25, 0.3) is 0 Å². The fourth-order valence-electron chi connectivity index (χ4n) is 1.40. The number of aliphatic hydroxyl groups excluding tert-OH is 2. The molecule has 0 saturated carbocycles. The van der Waals surface area contributed by atoms with E-state index in [2.05, 4.69) is 9.98 Å². The lowest BCUT2D eigenvalue weighted by molar-refractivity contribution is -0.137. The van der Waals surface area contributed by atoms with Crippen LogP contribution in [0.5, 0.6) is 0 Å². The van der Waals surface area contributed by atoms with Crippen molar-refractivity contribution in [3.8, 4) is 0 Å². The van der Waals surface area contributed by atoms with Gasteiger partial charge in [-0.25, -0.2) is 18.6 Å². The van der Waals surface area contributed by atoms with Crippen LogP contribution >= 0.6 is 11.6 Å². The third-order valence-corrected chi connectivity index (χ3v) is 2.96. The van der Waals surface area contributed by atoms with Crippen LogP contribution in [0, 0.1) is 11.6 Å². The van der Waals surface area contributed by atoms with Gasteiger partial charge in [0.15, 0.2) is 17.4 Å². The van der Waals surface area contributed by atoms with Crippen LogP contribution < -0.4 is 0 Å². The Kier molecular flexibility index (Phi) is 7.05. The number of esters is 1. The summed E-state index contributed by atoms with van der Waals surface area (Å²) in [5.74, 6) is -4.33. The first kappa shape index (κ1) is 19.0. The average molecular weight is 349 g/mol. The molecule has 9 heteroatoms. The van der Waals surface area contributed by atoms with E-state index in [1.165, 1.54) is 6.92 Å². The molecule has 0 bridgehead atoms. The number of carbonyl (C=O) groups excluding carboxylic acids is 1. The molecular weight excluding hydrogens is 334 g/mol. The molecule has 2 N–H and O–H groups in total. The van der Waals surface area contributed by atoms with Crippen molar-refractivity contribution in [3.63, 3.8) is 0 Å². The van der Waals surface area contributed by atoms with Gasteiger partial charge in [0, 0.05) is 6.21 Å². The Bertz CT molecular complexity index is 650. The Morgan fingerprint density at radius 2 is 2.22 bits per heavy atom. The van der Waals surface area contributed by atoms with Crippen LogP contribution in [0.15, 0.2) is 16.8 Å². The Hall–Kier alpha value is -2.06. The summed E-state index contributed by atoms with van der Waals surface area (Å²) < 4.78 is 31.8. The molecule has 0 spiro atoms. The molecule has 1 heterocycles. The standard InChI is InChI=1S/C14H15ClF2N2O4/c1-3-23-14(22)8(4-18-7(2)6-20)13(21)12-11(17)10(15)9(16)5-19-12/h4-5,7,20-21H,3,6H2,1-2H3/b13-8-,18-4?. The van der Waals surface area contributed by atoms with Gasteiger partial charge in [0.05, 0.1) is 25.5 Å². The normalized spacial score (nSPS) is 13.8. The van der Waals surface area contributed by atoms with E-state index in [0.29, 0.717) is 6.20 Å². The van der Waals surface area contributed by atoms with Crippen molar-refractivity contribution in [1.82, 2.24) is 4.98 Å². The second-order valence-electron chi connectivity index (χ2n) is 4.38. The number of aromatic nitrogens is 1. The van der Waals surface area contributed by atoms with Crippen LogP contribution in [0.4, 0.5) is 8.78 Å². The number of carbonyl (C=O) groups is 1. The number of aliphatic imine (C=N–C) groups is 1. The number of ether oxygens (including phenoxy) is 1. The van der Waals surface area contributed by atoms with Gasteiger partial charge in [-0.3, -0.25) is 4.99 Å². The van der Waals surface area contributed by atoms with Crippen molar-refractivity contribution in [2.75, 3.05) is 13.2 Å². The minimum absolute atomic E-state index is 0.000901. The number of hydrogen-bond acceptors (Lipinski definition) is 6. The zero-order chi connectivity index (χ0) is 17.6. The van der Waals surface area contributed by atoms with Gasteiger partial charge in [0.2, 0.25) is 0 Å². The molecule has 0 radical (unpaired) electrons. The molecule has 1 aromatic heterocycles. The van der Waals surface area contributed by atoms with Crippen molar-refractivity contribution in [1.29, 1.82) is 0 Å². The molecule has 6 nitrogen and oxygen atoms in total. The van der Waals surface area contributed by atoms with E-state index < -0.39 is 45.7 Å². The van der Waals surface area contributed by atoms with Crippen molar-refractivity contribution in [2.24, 2.45) is 4.99 Å². The van der Waals surface area contributed by atoms with Crippen LogP contribution in [0.1, 0.15) is 19.5 Å². The lowest BCUT2D eigenvalue weighted by atomic mass is 10.1. The second-order valence-corrected chi connectivity index (χ2v) is 4.75. The molecule has 0 aliphatic carbocycles. The lowest BCUT2D eigenvalue weighted by Gasteiger charge is -2.08. The predicted molar refractivity (Wildman–Crippen MR) is 80.4 cm³/mol. The zero-order valence-electron chi connectivity index (χ0n) is 12.4. The first-order valence-electron chi connectivity index (χ1n) is 6.57. The van der Waals surface area contributed by atoms with Gasteiger partial charge in [-0.2, -0.15) is 0 Å². The SMILES string of the molecule is CCOC(=O)/C(C=NC(C)CO)=C(\O)c1ncc(F)c(Cl)c1F. The van der Waals surface area contributed by atoms with E-state index in [1.807, 2.05) is 0 Å². The smallest absolute Gasteiger partial charge is 0.343 e. The summed E-state index contributed by atoms with van der Waals surface area (Å²) in [6.07, 6.45) is 1.53. The molecule has 0 amide bonds. The lowest BCUT2D eigenvalue weighted by Crippen LogP contribution is -2.14. The molecule has 1 rings (SSSR count). The summed E-state index contributed by atoms with van der Waals surface area (Å²) in [5, 5.41) is 18.1. The maximum atomic E-state index is 13.9. The molecule has 0 saturated heterocycles. The number of halogens is 3. The fourth-order valence-corrected chi connectivity index (χ4v) is 1.54. The average Bonchev–Trinajstić information content (AvgIpc) is 2.52. The molecular formula is C14H15ClF2N2O4. The maximum absolute atomic E-state index is 13.9. The number of aliphatic hydroxyl groups is 2. The topological polar surface area (TPSA) is 92.0 Å². The molecule has 0 aliphatic rings. The van der Waals surface area contributed by atoms with Crippen LogP contribution in [0.2, 0.25) is 5.02 Å². The van der Waals surface area contributed by atoms with Crippen LogP contribution in [-0.2, 0) is 9.53 Å². The summed E-state index contributed by atoms with van der Waals surface area (Å²) in [6, 6.07) is -0.568. The maximum Gasteiger partial charge on any atom is 0.343 e. The minimum Gasteiger partial charge on any atom is -0.505 e. The largest absolute Gasteiger partial charge is 0.505 e. The first-order chi connectivity index (χ1) is 10.8. The third kappa shape index (κ3) is 4.70. The minimum atomic E-state index is -1.32. The van der Waals surface area contributed by atoms with Gasteiger partial charge in [-0.15, -0.1) is 0 Å². The van der Waals surface area contributed by atoms with Gasteiger partial charge >= 0.3 is 5.97 Å². The van der Waals surface area contributed by atoms with Gasteiger partial charge in [-0.05, 0) is 13.8 Å². The number of pyridine rings is 1. The highest BCUT2D eigenvalue weighted by molar-refractivity contribution is 6.31. The predicted octanol–water partition coefficient (Wildman–Crippen LogP) is 2.30. The van der Waals surface area contributed by atoms with Crippen molar-refractivity contribution < 1.29 is 28.5 Å². The van der Waals surface area contributed by atoms with Crippen LogP contribution in [0.25, 0.3) is 5.76 Å². The Morgan fingerprint density at radius 1 is 1.57 bits per heavy atom. The van der Waals surface area contributed by atoms with Crippen LogP contribution in [0.3, 0.4) is 0 Å². The summed E-state index contributed by atoms with van der Waals surface area (Å²) in [4.78, 5) is 19.1. The van der Waals surface area contributed by atoms with Gasteiger partial charge in [-0.1, -0.05) is 11.6 Å². The summed E-state index contributed by atoms with van der Waals surface area (Å²) in [5.41, 5.74) is -1.22. The first-order valence-corrected chi connectivity index (χ1v) is 6.95. The summed E-state index contributed by atoms with van der Waals surface area (Å²) in [7, 11) is 0. The van der Waals surface area contributed by atoms with Crippen molar-refractivity contribution >= 4 is 29.5 Å². The molecule has 1 atom stereocenters. The highest BCUT2D eigenvalue weighted by atomic mass is 35.5. The number of rotatable bonds is 6. The van der Waals surface area contributed by atoms with E-state index in [9.17, 15) is 18.7 Å². The van der Waals surface area contributed by atoms with Crippen molar-refractivity contribution in [3.05, 3.63) is 34.1 Å². The highest BCUT2D eigenvalue weighted by Gasteiger charge is 2.23. The highest BCUT2D eigenvalue weighted by Crippen LogP contribution is 2.25. The quantitative estimate of drug-likeness (QED) is 0.356. The van der Waals surface area contributed by atoms with Gasteiger partial charge < -0.3 is 14.9 Å². The molecule has 126 valence electrons. The van der Waals surface area contributed by atoms with E-state index in [-0.39, 0.29) is 13.2 Å². The van der Waals surface area contributed by atoms with Crippen molar-refractivity contribution in [2.45, 2.75) is 19.9 Å². The number of hydrogen-bond donors (Lipinski definition) is 2. The zero-order valence-corrected chi connectivity index (χ0v) is 13.1. The third-order valence-electron chi connectivity index (χ3n) is 2.61. The Balaban J connectivity index is 3.42. The molecule has 0 aromatic carbocycles. The monoisotopic (exact) mass is 348 g/mol. The Labute approximate surface area is 136 Å². The summed E-state index contributed by atoms with van der Waals surface area (Å²) in [6.45, 7) is 2.78. The molecule has 1 aromatic rings. The van der Waals surface area contributed by atoms with E-state index in [0.717, 1.165) is 6.21 Å². The fraction of sp³-hybridized carbons (Fsp3) is 0.357. The van der Waals surface area contributed by atoms with Gasteiger partial charge in [0.1, 0.15) is 16.3 Å². The molecule has 0 fully saturated rings. The number of nitrogens with zero attached hydrogens (tertiary/aromatic N) is 2. The van der Waals surface area contributed by atoms with Crippen LogP contribution in [-0.4, -0.2) is 46.6 Å². The van der Waals surface area contributed by atoms with E-state index >= 15 is 0 Å². The van der Waals surface area contributed by atoms with E-state index in [1.54, 1.807) is 6.92 Å². The molecule has 1 unspecified atom stereocenters. The Morgan fingerprint density at radius 3 is 2.78 bits per heavy atom. The molecule has 0 aliphatic heterocycles. The second kappa shape index (κ2) is 8.54. The molecule has 23 heavy (non-hydrogen) atoms. The summed E-state index contributed by atoms with van der Waals surface area (Å²) >= 11 is 5.42.